The number of aromatic nitrogens is 2. The van der Waals surface area contributed by atoms with E-state index in [4.69, 9.17) is 26.2 Å². The Balaban J connectivity index is 1.53. The van der Waals surface area contributed by atoms with Crippen molar-refractivity contribution in [2.24, 2.45) is 5.92 Å². The number of aliphatic carboxylic acids is 1. The van der Waals surface area contributed by atoms with Crippen LogP contribution >= 0.6 is 11.6 Å². The second-order valence-electron chi connectivity index (χ2n) is 9.75. The van der Waals surface area contributed by atoms with Gasteiger partial charge in [-0.05, 0) is 30.5 Å². The minimum absolute atomic E-state index is 0.0335. The molecule has 1 aliphatic heterocycles. The number of halogens is 1. The van der Waals surface area contributed by atoms with E-state index in [2.05, 4.69) is 36.7 Å². The first kappa shape index (κ1) is 27.0. The second-order valence-corrected chi connectivity index (χ2v) is 10.1. The monoisotopic (exact) mass is 523 g/mol. The van der Waals surface area contributed by atoms with Gasteiger partial charge in [0.1, 0.15) is 12.4 Å². The zero-order chi connectivity index (χ0) is 26.4. The molecule has 0 spiro atoms. The third-order valence-electron chi connectivity index (χ3n) is 6.40. The van der Waals surface area contributed by atoms with Gasteiger partial charge in [0.05, 0.1) is 41.8 Å². The topological polar surface area (TPSA) is 76.8 Å². The summed E-state index contributed by atoms with van der Waals surface area (Å²) in [5.41, 5.74) is 3.73. The molecule has 1 saturated heterocycles. The van der Waals surface area contributed by atoms with Crippen LogP contribution in [-0.2, 0) is 29.2 Å². The van der Waals surface area contributed by atoms with Crippen LogP contribution in [0.15, 0.2) is 36.4 Å². The van der Waals surface area contributed by atoms with Crippen LogP contribution in [0.2, 0.25) is 5.02 Å². The number of carboxylic acids is 1. The van der Waals surface area contributed by atoms with Gasteiger partial charge in [-0.15, -0.1) is 5.92 Å². The Kier molecular flexibility index (Phi) is 9.09. The molecule has 37 heavy (non-hydrogen) atoms. The SMILES string of the molecule is CC#C[C@@H](CC(=O)O)c1ccc(OCc2ccc3c(CN4CCOCC4)nn(CC(C)C)c3c2Cl)cc1. The number of fused-ring (bicyclic) bond motifs is 1. The van der Waals surface area contributed by atoms with E-state index in [1.807, 2.05) is 35.0 Å². The molecule has 3 aromatic rings. The highest BCUT2D eigenvalue weighted by atomic mass is 35.5. The van der Waals surface area contributed by atoms with E-state index in [0.29, 0.717) is 23.3 Å². The first-order chi connectivity index (χ1) is 17.9. The van der Waals surface area contributed by atoms with Gasteiger partial charge in [-0.3, -0.25) is 14.4 Å². The Morgan fingerprint density at radius 3 is 2.57 bits per heavy atom. The fraction of sp³-hybridized carbons (Fsp3) is 0.448. The number of carbonyl (C=O) groups is 1. The van der Waals surface area contributed by atoms with Gasteiger partial charge in [0.15, 0.2) is 0 Å². The van der Waals surface area contributed by atoms with Gasteiger partial charge in [-0.2, -0.15) is 5.10 Å². The number of hydrogen-bond donors (Lipinski definition) is 1. The predicted molar refractivity (Wildman–Crippen MR) is 145 cm³/mol. The Hall–Kier alpha value is -3.05. The van der Waals surface area contributed by atoms with E-state index in [0.717, 1.165) is 67.1 Å². The highest BCUT2D eigenvalue weighted by molar-refractivity contribution is 6.36. The maximum atomic E-state index is 11.2. The molecular weight excluding hydrogens is 490 g/mol. The van der Waals surface area contributed by atoms with Crippen LogP contribution in [0.25, 0.3) is 10.9 Å². The van der Waals surface area contributed by atoms with Crippen LogP contribution in [0, 0.1) is 17.8 Å². The standard InChI is InChI=1S/C29H34ClN3O4/c1-4-5-22(16-27(34)35)21-6-9-24(10-7-21)37-19-23-8-11-25-26(18-32-12-14-36-15-13-32)31-33(17-20(2)3)29(25)28(23)30/h6-11,20,22H,12-19H2,1-3H3,(H,34,35)/t22-/m0/s1. The highest BCUT2D eigenvalue weighted by Gasteiger charge is 2.20. The molecular formula is C29H34ClN3O4. The van der Waals surface area contributed by atoms with Crippen molar-refractivity contribution in [2.75, 3.05) is 26.3 Å². The van der Waals surface area contributed by atoms with E-state index in [-0.39, 0.29) is 12.3 Å². The number of benzene rings is 2. The summed E-state index contributed by atoms with van der Waals surface area (Å²) >= 11 is 6.96. The lowest BCUT2D eigenvalue weighted by atomic mass is 9.96. The van der Waals surface area contributed by atoms with Crippen LogP contribution in [-0.4, -0.2) is 52.1 Å². The summed E-state index contributed by atoms with van der Waals surface area (Å²) in [6.07, 6.45) is -0.0335. The van der Waals surface area contributed by atoms with Crippen LogP contribution in [0.1, 0.15) is 49.9 Å². The van der Waals surface area contributed by atoms with Crippen molar-refractivity contribution in [3.05, 3.63) is 58.2 Å². The van der Waals surface area contributed by atoms with Crippen LogP contribution < -0.4 is 4.74 Å². The summed E-state index contributed by atoms with van der Waals surface area (Å²) in [4.78, 5) is 13.5. The molecule has 0 amide bonds. The molecule has 7 nitrogen and oxygen atoms in total. The van der Waals surface area contributed by atoms with Gasteiger partial charge in [0.2, 0.25) is 0 Å². The number of carboxylic acid groups (broad SMARTS) is 1. The van der Waals surface area contributed by atoms with E-state index in [1.165, 1.54) is 0 Å². The second kappa shape index (κ2) is 12.5. The van der Waals surface area contributed by atoms with E-state index < -0.39 is 5.97 Å². The van der Waals surface area contributed by atoms with Gasteiger partial charge in [-0.25, -0.2) is 0 Å². The van der Waals surface area contributed by atoms with Crippen LogP contribution in [0.3, 0.4) is 0 Å². The predicted octanol–water partition coefficient (Wildman–Crippen LogP) is 5.34. The Labute approximate surface area is 223 Å². The van der Waals surface area contributed by atoms with Gasteiger partial charge in [0.25, 0.3) is 0 Å². The van der Waals surface area contributed by atoms with Crippen molar-refractivity contribution >= 4 is 28.5 Å². The molecule has 1 N–H and O–H groups in total. The average molecular weight is 524 g/mol. The maximum absolute atomic E-state index is 11.2. The molecule has 0 bridgehead atoms. The van der Waals surface area contributed by atoms with E-state index in [9.17, 15) is 9.90 Å². The zero-order valence-corrected chi connectivity index (χ0v) is 22.4. The van der Waals surface area contributed by atoms with Crippen molar-refractivity contribution in [2.45, 2.75) is 52.8 Å². The first-order valence-corrected chi connectivity index (χ1v) is 13.1. The summed E-state index contributed by atoms with van der Waals surface area (Å²) in [5.74, 6) is 5.68. The maximum Gasteiger partial charge on any atom is 0.304 e. The Bertz CT molecular complexity index is 1280. The number of morpholine rings is 1. The van der Waals surface area contributed by atoms with Gasteiger partial charge in [0, 0.05) is 37.1 Å². The van der Waals surface area contributed by atoms with E-state index >= 15 is 0 Å². The molecule has 0 unspecified atom stereocenters. The lowest BCUT2D eigenvalue weighted by molar-refractivity contribution is -0.137. The Morgan fingerprint density at radius 2 is 1.92 bits per heavy atom. The summed E-state index contributed by atoms with van der Waals surface area (Å²) < 4.78 is 13.6. The molecule has 4 rings (SSSR count). The number of hydrogen-bond acceptors (Lipinski definition) is 5. The van der Waals surface area contributed by atoms with Gasteiger partial charge in [-0.1, -0.05) is 55.6 Å². The van der Waals surface area contributed by atoms with Crippen molar-refractivity contribution < 1.29 is 19.4 Å². The molecule has 196 valence electrons. The first-order valence-electron chi connectivity index (χ1n) is 12.7. The molecule has 0 aliphatic carbocycles. The largest absolute Gasteiger partial charge is 0.489 e. The number of rotatable bonds is 10. The molecule has 2 aromatic carbocycles. The minimum atomic E-state index is -0.872. The molecule has 1 aromatic heterocycles. The van der Waals surface area contributed by atoms with Crippen molar-refractivity contribution in [3.63, 3.8) is 0 Å². The number of nitrogens with zero attached hydrogens (tertiary/aromatic N) is 3. The van der Waals surface area contributed by atoms with Crippen molar-refractivity contribution in [1.82, 2.24) is 14.7 Å². The minimum Gasteiger partial charge on any atom is -0.489 e. The van der Waals surface area contributed by atoms with Crippen LogP contribution in [0.4, 0.5) is 0 Å². The third-order valence-corrected chi connectivity index (χ3v) is 6.82. The van der Waals surface area contributed by atoms with Gasteiger partial charge < -0.3 is 14.6 Å². The quantitative estimate of drug-likeness (QED) is 0.361. The summed E-state index contributed by atoms with van der Waals surface area (Å²) in [7, 11) is 0. The molecule has 2 heterocycles. The fourth-order valence-corrected chi connectivity index (χ4v) is 4.89. The van der Waals surface area contributed by atoms with Gasteiger partial charge >= 0.3 is 5.97 Å². The summed E-state index contributed by atoms with van der Waals surface area (Å²) in [6, 6.07) is 11.5. The Morgan fingerprint density at radius 1 is 1.19 bits per heavy atom. The van der Waals surface area contributed by atoms with E-state index in [1.54, 1.807) is 6.92 Å². The highest BCUT2D eigenvalue weighted by Crippen LogP contribution is 2.32. The lowest BCUT2D eigenvalue weighted by Gasteiger charge is -2.25. The summed E-state index contributed by atoms with van der Waals surface area (Å²) in [5, 5.41) is 15.9. The van der Waals surface area contributed by atoms with Crippen molar-refractivity contribution in [3.8, 4) is 17.6 Å². The zero-order valence-electron chi connectivity index (χ0n) is 21.7. The fourth-order valence-electron chi connectivity index (χ4n) is 4.58. The van der Waals surface area contributed by atoms with Crippen molar-refractivity contribution in [1.29, 1.82) is 0 Å². The molecule has 8 heteroatoms. The molecule has 0 radical (unpaired) electrons. The molecule has 1 aliphatic rings. The summed E-state index contributed by atoms with van der Waals surface area (Å²) in [6.45, 7) is 11.2. The molecule has 0 saturated carbocycles. The average Bonchev–Trinajstić information content (AvgIpc) is 3.21. The lowest BCUT2D eigenvalue weighted by Crippen LogP contribution is -2.35. The van der Waals surface area contributed by atoms with Crippen LogP contribution in [0.5, 0.6) is 5.75 Å². The smallest absolute Gasteiger partial charge is 0.304 e. The third kappa shape index (κ3) is 6.84. The normalized spacial score (nSPS) is 14.9. The molecule has 1 atom stereocenters. The number of ether oxygens (including phenoxy) is 2. The molecule has 1 fully saturated rings.